The third-order valence-electron chi connectivity index (χ3n) is 4.49. The quantitative estimate of drug-likeness (QED) is 0.786. The number of sulfonamides is 1. The van der Waals surface area contributed by atoms with Crippen molar-refractivity contribution in [2.75, 3.05) is 13.1 Å². The van der Waals surface area contributed by atoms with E-state index in [0.717, 1.165) is 25.7 Å². The number of piperidine rings is 1. The molecule has 0 aromatic carbocycles. The number of nitrogens with two attached hydrogens (primary N) is 1. The van der Waals surface area contributed by atoms with Gasteiger partial charge in [-0.25, -0.2) is 12.7 Å². The summed E-state index contributed by atoms with van der Waals surface area (Å²) in [5.74, 6) is 0. The average molecular weight is 292 g/mol. The second kappa shape index (κ2) is 5.84. The van der Waals surface area contributed by atoms with Crippen LogP contribution in [0.4, 0.5) is 0 Å². The van der Waals surface area contributed by atoms with Crippen molar-refractivity contribution < 1.29 is 8.42 Å². The number of rotatable bonds is 5. The van der Waals surface area contributed by atoms with Crippen molar-refractivity contribution in [1.82, 2.24) is 4.31 Å². The zero-order valence-electron chi connectivity index (χ0n) is 11.5. The van der Waals surface area contributed by atoms with E-state index < -0.39 is 15.3 Å². The molecule has 18 heavy (non-hydrogen) atoms. The van der Waals surface area contributed by atoms with E-state index >= 15 is 0 Å². The van der Waals surface area contributed by atoms with Crippen molar-refractivity contribution in [3.8, 4) is 0 Å². The summed E-state index contributed by atoms with van der Waals surface area (Å²) >= 11 is 4.80. The van der Waals surface area contributed by atoms with Gasteiger partial charge in [0, 0.05) is 13.1 Å². The van der Waals surface area contributed by atoms with Gasteiger partial charge in [0.2, 0.25) is 10.0 Å². The van der Waals surface area contributed by atoms with Crippen molar-refractivity contribution >= 4 is 27.2 Å². The Hall–Kier alpha value is -0.200. The lowest BCUT2D eigenvalue weighted by Crippen LogP contribution is -2.48. The highest BCUT2D eigenvalue weighted by atomic mass is 32.2. The van der Waals surface area contributed by atoms with Gasteiger partial charge in [-0.2, -0.15) is 0 Å². The second-order valence-corrected chi connectivity index (χ2v) is 7.92. The first-order chi connectivity index (χ1) is 8.29. The highest BCUT2D eigenvalue weighted by Gasteiger charge is 2.38. The summed E-state index contributed by atoms with van der Waals surface area (Å²) in [7, 11) is -3.36. The van der Waals surface area contributed by atoms with E-state index in [-0.39, 0.29) is 4.99 Å². The van der Waals surface area contributed by atoms with Gasteiger partial charge in [-0.3, -0.25) is 0 Å². The van der Waals surface area contributed by atoms with Gasteiger partial charge in [-0.1, -0.05) is 38.9 Å². The summed E-state index contributed by atoms with van der Waals surface area (Å²) in [5, 5.41) is -0.761. The average Bonchev–Trinajstić information content (AvgIpc) is 2.37. The Morgan fingerprint density at radius 3 is 2.11 bits per heavy atom. The van der Waals surface area contributed by atoms with Crippen LogP contribution in [0, 0.1) is 5.41 Å². The fraction of sp³-hybridized carbons (Fsp3) is 0.917. The van der Waals surface area contributed by atoms with Crippen LogP contribution in [-0.4, -0.2) is 36.1 Å². The SMILES string of the molecule is CCC1(CC)CCN(S(=O)(=O)C(C)C(N)=S)CC1. The Bertz CT molecular complexity index is 392. The molecule has 0 saturated carbocycles. The molecule has 1 saturated heterocycles. The van der Waals surface area contributed by atoms with Gasteiger partial charge < -0.3 is 5.73 Å². The third kappa shape index (κ3) is 3.03. The normalized spacial score (nSPS) is 22.6. The predicted molar refractivity (Wildman–Crippen MR) is 79.0 cm³/mol. The maximum atomic E-state index is 12.3. The Balaban J connectivity index is 2.77. The molecule has 106 valence electrons. The van der Waals surface area contributed by atoms with Gasteiger partial charge in [0.05, 0.1) is 4.99 Å². The lowest BCUT2D eigenvalue weighted by molar-refractivity contribution is 0.141. The smallest absolute Gasteiger partial charge is 0.223 e. The van der Waals surface area contributed by atoms with Crippen LogP contribution in [0.15, 0.2) is 0 Å². The van der Waals surface area contributed by atoms with E-state index in [2.05, 4.69) is 13.8 Å². The summed E-state index contributed by atoms with van der Waals surface area (Å²) in [4.78, 5) is 0.0535. The molecule has 1 aliphatic rings. The lowest BCUT2D eigenvalue weighted by atomic mass is 9.75. The molecule has 0 aromatic rings. The van der Waals surface area contributed by atoms with Crippen LogP contribution in [0.3, 0.4) is 0 Å². The molecular weight excluding hydrogens is 268 g/mol. The summed E-state index contributed by atoms with van der Waals surface area (Å²) in [6.45, 7) is 7.13. The molecule has 0 aromatic heterocycles. The fourth-order valence-electron chi connectivity index (χ4n) is 2.54. The summed E-state index contributed by atoms with van der Waals surface area (Å²) in [5.41, 5.74) is 5.78. The van der Waals surface area contributed by atoms with Crippen LogP contribution in [0.5, 0.6) is 0 Å². The number of hydrogen-bond donors (Lipinski definition) is 1. The zero-order valence-corrected chi connectivity index (χ0v) is 13.1. The number of nitrogens with zero attached hydrogens (tertiary/aromatic N) is 1. The van der Waals surface area contributed by atoms with Crippen LogP contribution in [0.25, 0.3) is 0 Å². The van der Waals surface area contributed by atoms with Gasteiger partial charge >= 0.3 is 0 Å². The van der Waals surface area contributed by atoms with Crippen LogP contribution in [0.1, 0.15) is 46.5 Å². The molecule has 2 N–H and O–H groups in total. The zero-order chi connectivity index (χ0) is 14.0. The molecule has 1 atom stereocenters. The second-order valence-electron chi connectivity index (χ2n) is 5.20. The van der Waals surface area contributed by atoms with Gasteiger partial charge in [-0.15, -0.1) is 0 Å². The van der Waals surface area contributed by atoms with Crippen LogP contribution in [0.2, 0.25) is 0 Å². The highest BCUT2D eigenvalue weighted by Crippen LogP contribution is 2.38. The van der Waals surface area contributed by atoms with E-state index in [4.69, 9.17) is 18.0 Å². The third-order valence-corrected chi connectivity index (χ3v) is 7.23. The molecule has 4 nitrogen and oxygen atoms in total. The minimum absolute atomic E-state index is 0.0535. The van der Waals surface area contributed by atoms with E-state index in [1.165, 1.54) is 0 Å². The van der Waals surface area contributed by atoms with E-state index in [0.29, 0.717) is 18.5 Å². The van der Waals surface area contributed by atoms with E-state index in [1.807, 2.05) is 0 Å². The first kappa shape index (κ1) is 15.9. The Morgan fingerprint density at radius 1 is 1.33 bits per heavy atom. The summed E-state index contributed by atoms with van der Waals surface area (Å²) in [6, 6.07) is 0. The van der Waals surface area contributed by atoms with Crippen molar-refractivity contribution in [3.63, 3.8) is 0 Å². The van der Waals surface area contributed by atoms with Gasteiger partial charge in [0.15, 0.2) is 0 Å². The Morgan fingerprint density at radius 2 is 1.78 bits per heavy atom. The van der Waals surface area contributed by atoms with Gasteiger partial charge in [-0.05, 0) is 25.2 Å². The molecule has 1 fully saturated rings. The molecule has 0 bridgehead atoms. The Kier molecular flexibility index (Phi) is 5.14. The van der Waals surface area contributed by atoms with Crippen LogP contribution in [-0.2, 0) is 10.0 Å². The first-order valence-electron chi connectivity index (χ1n) is 6.57. The van der Waals surface area contributed by atoms with Crippen molar-refractivity contribution in [3.05, 3.63) is 0 Å². The molecule has 1 unspecified atom stereocenters. The maximum Gasteiger partial charge on any atom is 0.223 e. The predicted octanol–water partition coefficient (Wildman–Crippen LogP) is 1.89. The topological polar surface area (TPSA) is 63.4 Å². The van der Waals surface area contributed by atoms with Crippen molar-refractivity contribution in [1.29, 1.82) is 0 Å². The molecule has 1 aliphatic heterocycles. The molecule has 0 amide bonds. The largest absolute Gasteiger partial charge is 0.392 e. The number of hydrogen-bond acceptors (Lipinski definition) is 3. The van der Waals surface area contributed by atoms with Crippen LogP contribution < -0.4 is 5.73 Å². The lowest BCUT2D eigenvalue weighted by Gasteiger charge is -2.41. The molecular formula is C12H24N2O2S2. The van der Waals surface area contributed by atoms with Gasteiger partial charge in [0.1, 0.15) is 5.25 Å². The van der Waals surface area contributed by atoms with E-state index in [9.17, 15) is 8.42 Å². The van der Waals surface area contributed by atoms with E-state index in [1.54, 1.807) is 11.2 Å². The number of thiocarbonyl (C=S) groups is 1. The van der Waals surface area contributed by atoms with Gasteiger partial charge in [0.25, 0.3) is 0 Å². The monoisotopic (exact) mass is 292 g/mol. The minimum atomic E-state index is -3.36. The Labute approximate surface area is 116 Å². The highest BCUT2D eigenvalue weighted by molar-refractivity contribution is 7.92. The molecule has 0 radical (unpaired) electrons. The maximum absolute atomic E-state index is 12.3. The molecule has 1 heterocycles. The molecule has 0 spiro atoms. The molecule has 1 rings (SSSR count). The standard InChI is InChI=1S/C12H24N2O2S2/c1-4-12(5-2)6-8-14(9-7-12)18(15,16)10(3)11(13)17/h10H,4-9H2,1-3H3,(H2,13,17). The molecule has 6 heteroatoms. The minimum Gasteiger partial charge on any atom is -0.392 e. The van der Waals surface area contributed by atoms with Crippen LogP contribution >= 0.6 is 12.2 Å². The fourth-order valence-corrected chi connectivity index (χ4v) is 4.34. The van der Waals surface area contributed by atoms with Crippen molar-refractivity contribution in [2.24, 2.45) is 11.1 Å². The first-order valence-corrected chi connectivity index (χ1v) is 8.48. The summed E-state index contributed by atoms with van der Waals surface area (Å²) < 4.78 is 26.1. The summed E-state index contributed by atoms with van der Waals surface area (Å²) in [6.07, 6.45) is 4.09. The van der Waals surface area contributed by atoms with Crippen molar-refractivity contribution in [2.45, 2.75) is 51.7 Å². The molecule has 0 aliphatic carbocycles.